The van der Waals surface area contributed by atoms with Crippen molar-refractivity contribution in [1.29, 1.82) is 0 Å². The molecule has 0 radical (unpaired) electrons. The van der Waals surface area contributed by atoms with Crippen LogP contribution in [0.4, 0.5) is 0 Å². The van der Waals surface area contributed by atoms with Gasteiger partial charge in [0, 0.05) is 13.0 Å². The first-order valence-corrected chi connectivity index (χ1v) is 7.84. The van der Waals surface area contributed by atoms with E-state index in [0.717, 1.165) is 18.6 Å². The van der Waals surface area contributed by atoms with Crippen LogP contribution in [-0.2, 0) is 4.79 Å². The van der Waals surface area contributed by atoms with Crippen molar-refractivity contribution >= 4 is 5.91 Å². The van der Waals surface area contributed by atoms with E-state index < -0.39 is 0 Å². The van der Waals surface area contributed by atoms with Crippen molar-refractivity contribution in [3.05, 3.63) is 42.0 Å². The van der Waals surface area contributed by atoms with E-state index in [1.807, 2.05) is 26.2 Å². The number of carbonyl (C=O) groups excluding carboxylic acids is 1. The SMILES string of the molecule is COc1ccc(C(CNC(=O)CC2C=CCC2)N(C)C)cc1. The summed E-state index contributed by atoms with van der Waals surface area (Å²) in [4.78, 5) is 14.2. The highest BCUT2D eigenvalue weighted by molar-refractivity contribution is 5.76. The topological polar surface area (TPSA) is 41.6 Å². The summed E-state index contributed by atoms with van der Waals surface area (Å²) in [6.07, 6.45) is 7.12. The number of amides is 1. The van der Waals surface area contributed by atoms with E-state index in [9.17, 15) is 4.79 Å². The van der Waals surface area contributed by atoms with Crippen molar-refractivity contribution in [2.45, 2.75) is 25.3 Å². The Morgan fingerprint density at radius 3 is 2.64 bits per heavy atom. The van der Waals surface area contributed by atoms with Crippen molar-refractivity contribution in [1.82, 2.24) is 10.2 Å². The molecule has 0 saturated carbocycles. The molecule has 0 aliphatic heterocycles. The molecular weight excluding hydrogens is 276 g/mol. The van der Waals surface area contributed by atoms with Crippen LogP contribution in [0.15, 0.2) is 36.4 Å². The van der Waals surface area contributed by atoms with Gasteiger partial charge in [0.15, 0.2) is 0 Å². The zero-order chi connectivity index (χ0) is 15.9. The fourth-order valence-electron chi connectivity index (χ4n) is 2.81. The molecule has 2 rings (SSSR count). The molecule has 1 aromatic rings. The van der Waals surface area contributed by atoms with E-state index in [0.29, 0.717) is 18.9 Å². The number of rotatable bonds is 7. The second-order valence-corrected chi connectivity index (χ2v) is 6.03. The zero-order valence-corrected chi connectivity index (χ0v) is 13.7. The second kappa shape index (κ2) is 7.99. The summed E-state index contributed by atoms with van der Waals surface area (Å²) >= 11 is 0. The number of ether oxygens (including phenoxy) is 1. The Morgan fingerprint density at radius 1 is 1.36 bits per heavy atom. The van der Waals surface area contributed by atoms with Crippen molar-refractivity contribution in [2.24, 2.45) is 5.92 Å². The zero-order valence-electron chi connectivity index (χ0n) is 13.7. The number of likely N-dealkylation sites (N-methyl/N-ethyl adjacent to an activating group) is 1. The van der Waals surface area contributed by atoms with Crippen LogP contribution < -0.4 is 10.1 Å². The number of hydrogen-bond donors (Lipinski definition) is 1. The number of hydrogen-bond acceptors (Lipinski definition) is 3. The number of benzene rings is 1. The molecule has 0 fully saturated rings. The Labute approximate surface area is 133 Å². The van der Waals surface area contributed by atoms with Gasteiger partial charge in [0.25, 0.3) is 0 Å². The van der Waals surface area contributed by atoms with Gasteiger partial charge in [-0.3, -0.25) is 4.79 Å². The summed E-state index contributed by atoms with van der Waals surface area (Å²) in [6, 6.07) is 8.17. The minimum Gasteiger partial charge on any atom is -0.497 e. The largest absolute Gasteiger partial charge is 0.497 e. The molecule has 1 aromatic carbocycles. The Hall–Kier alpha value is -1.81. The highest BCUT2D eigenvalue weighted by Gasteiger charge is 2.18. The summed E-state index contributed by atoms with van der Waals surface area (Å²) in [7, 11) is 5.72. The van der Waals surface area contributed by atoms with Crippen molar-refractivity contribution < 1.29 is 9.53 Å². The molecule has 0 heterocycles. The van der Waals surface area contributed by atoms with Gasteiger partial charge in [0.1, 0.15) is 5.75 Å². The maximum Gasteiger partial charge on any atom is 0.220 e. The van der Waals surface area contributed by atoms with Crippen LogP contribution in [0.2, 0.25) is 0 Å². The Balaban J connectivity index is 1.90. The molecule has 0 saturated heterocycles. The molecule has 1 aliphatic rings. The lowest BCUT2D eigenvalue weighted by Crippen LogP contribution is -2.35. The van der Waals surface area contributed by atoms with Crippen LogP contribution in [0.25, 0.3) is 0 Å². The number of methoxy groups -OCH3 is 1. The van der Waals surface area contributed by atoms with E-state index in [2.05, 4.69) is 34.5 Å². The first-order chi connectivity index (χ1) is 10.6. The lowest BCUT2D eigenvalue weighted by molar-refractivity contribution is -0.121. The number of nitrogens with zero attached hydrogens (tertiary/aromatic N) is 1. The molecule has 1 aliphatic carbocycles. The van der Waals surface area contributed by atoms with Crippen LogP contribution in [0.5, 0.6) is 5.75 Å². The predicted octanol–water partition coefficient (Wildman–Crippen LogP) is 2.77. The predicted molar refractivity (Wildman–Crippen MR) is 88.9 cm³/mol. The molecule has 4 heteroatoms. The molecule has 2 atom stereocenters. The van der Waals surface area contributed by atoms with Gasteiger partial charge >= 0.3 is 0 Å². The van der Waals surface area contributed by atoms with Crippen LogP contribution >= 0.6 is 0 Å². The molecular formula is C18H26N2O2. The fourth-order valence-corrected chi connectivity index (χ4v) is 2.81. The van der Waals surface area contributed by atoms with E-state index in [1.54, 1.807) is 7.11 Å². The average molecular weight is 302 g/mol. The molecule has 1 amide bonds. The lowest BCUT2D eigenvalue weighted by Gasteiger charge is -2.25. The van der Waals surface area contributed by atoms with Gasteiger partial charge in [-0.25, -0.2) is 0 Å². The summed E-state index contributed by atoms with van der Waals surface area (Å²) in [5.74, 6) is 1.40. The second-order valence-electron chi connectivity index (χ2n) is 6.03. The molecule has 4 nitrogen and oxygen atoms in total. The smallest absolute Gasteiger partial charge is 0.220 e. The molecule has 0 bridgehead atoms. The van der Waals surface area contributed by atoms with Crippen molar-refractivity contribution in [2.75, 3.05) is 27.7 Å². The van der Waals surface area contributed by atoms with Crippen LogP contribution in [0.3, 0.4) is 0 Å². The minimum atomic E-state index is 0.136. The van der Waals surface area contributed by atoms with Gasteiger partial charge in [-0.2, -0.15) is 0 Å². The summed E-state index contributed by atoms with van der Waals surface area (Å²) < 4.78 is 5.19. The average Bonchev–Trinajstić information content (AvgIpc) is 3.00. The van der Waals surface area contributed by atoms with Gasteiger partial charge in [0.2, 0.25) is 5.91 Å². The maximum absolute atomic E-state index is 12.1. The van der Waals surface area contributed by atoms with E-state index >= 15 is 0 Å². The first-order valence-electron chi connectivity index (χ1n) is 7.84. The normalized spacial score (nSPS) is 18.5. The molecule has 2 unspecified atom stereocenters. The molecule has 22 heavy (non-hydrogen) atoms. The monoisotopic (exact) mass is 302 g/mol. The van der Waals surface area contributed by atoms with Gasteiger partial charge < -0.3 is 15.0 Å². The molecule has 0 spiro atoms. The Kier molecular flexibility index (Phi) is 6.01. The quantitative estimate of drug-likeness (QED) is 0.788. The van der Waals surface area contributed by atoms with E-state index in [4.69, 9.17) is 4.74 Å². The van der Waals surface area contributed by atoms with Gasteiger partial charge in [-0.15, -0.1) is 0 Å². The molecule has 120 valence electrons. The summed E-state index contributed by atoms with van der Waals surface area (Å²) in [5.41, 5.74) is 1.17. The van der Waals surface area contributed by atoms with Crippen LogP contribution in [0.1, 0.15) is 30.9 Å². The van der Waals surface area contributed by atoms with Crippen molar-refractivity contribution in [3.63, 3.8) is 0 Å². The van der Waals surface area contributed by atoms with E-state index in [-0.39, 0.29) is 11.9 Å². The Morgan fingerprint density at radius 2 is 2.09 bits per heavy atom. The first kappa shape index (κ1) is 16.6. The number of nitrogens with one attached hydrogen (secondary N) is 1. The standard InChI is InChI=1S/C18H26N2O2/c1-20(2)17(15-8-10-16(22-3)11-9-15)13-19-18(21)12-14-6-4-5-7-14/h4,6,8-11,14,17H,5,7,12-13H2,1-3H3,(H,19,21). The summed E-state index contributed by atoms with van der Waals surface area (Å²) in [5, 5.41) is 3.07. The number of carbonyl (C=O) groups is 1. The third-order valence-corrected chi connectivity index (χ3v) is 4.18. The molecule has 1 N–H and O–H groups in total. The van der Waals surface area contributed by atoms with Crippen LogP contribution in [-0.4, -0.2) is 38.6 Å². The Bertz CT molecular complexity index is 508. The lowest BCUT2D eigenvalue weighted by atomic mass is 10.0. The third-order valence-electron chi connectivity index (χ3n) is 4.18. The van der Waals surface area contributed by atoms with E-state index in [1.165, 1.54) is 5.56 Å². The number of allylic oxidation sites excluding steroid dienone is 2. The highest BCUT2D eigenvalue weighted by Crippen LogP contribution is 2.22. The van der Waals surface area contributed by atoms with Gasteiger partial charge in [-0.1, -0.05) is 24.3 Å². The van der Waals surface area contributed by atoms with Gasteiger partial charge in [0.05, 0.1) is 13.2 Å². The highest BCUT2D eigenvalue weighted by atomic mass is 16.5. The van der Waals surface area contributed by atoms with Crippen LogP contribution in [0, 0.1) is 5.92 Å². The third kappa shape index (κ3) is 4.60. The van der Waals surface area contributed by atoms with Gasteiger partial charge in [-0.05, 0) is 50.6 Å². The fraction of sp³-hybridized carbons (Fsp3) is 0.500. The summed E-state index contributed by atoms with van der Waals surface area (Å²) in [6.45, 7) is 0.620. The van der Waals surface area contributed by atoms with Crippen molar-refractivity contribution in [3.8, 4) is 5.75 Å². The minimum absolute atomic E-state index is 0.136. The molecule has 0 aromatic heterocycles. The maximum atomic E-state index is 12.1.